The Morgan fingerprint density at radius 1 is 1.13 bits per heavy atom. The summed E-state index contributed by atoms with van der Waals surface area (Å²) in [6, 6.07) is 15.4. The molecule has 0 radical (unpaired) electrons. The molecular weight excluding hydrogens is 396 g/mol. The Morgan fingerprint density at radius 2 is 1.94 bits per heavy atom. The maximum atomic E-state index is 12.6. The summed E-state index contributed by atoms with van der Waals surface area (Å²) in [6.45, 7) is 0.423. The Morgan fingerprint density at radius 3 is 2.65 bits per heavy atom. The predicted octanol–water partition coefficient (Wildman–Crippen LogP) is 2.85. The summed E-state index contributed by atoms with van der Waals surface area (Å²) in [7, 11) is 0. The molecule has 9 nitrogen and oxygen atoms in total. The lowest BCUT2D eigenvalue weighted by Crippen LogP contribution is -2.20. The van der Waals surface area contributed by atoms with E-state index in [9.17, 15) is 14.9 Å². The minimum atomic E-state index is -0.566. The number of rotatable bonds is 6. The molecule has 0 bridgehead atoms. The lowest BCUT2D eigenvalue weighted by Gasteiger charge is -2.10. The zero-order chi connectivity index (χ0) is 21.8. The van der Waals surface area contributed by atoms with Crippen LogP contribution >= 0.6 is 0 Å². The molecule has 0 unspecified atom stereocenters. The standard InChI is InChI=1S/C22H16N6O3/c23-12-17-5-3-16(4-6-17)10-19-13-24-15-26(19)14-18-7-9-27(21(29)11-18)22-20(28(30)31)2-1-8-25-22/h1-9,11,13,15H,10,14H2. The Balaban J connectivity index is 1.57. The second-order valence-corrected chi connectivity index (χ2v) is 6.84. The van der Waals surface area contributed by atoms with Crippen molar-refractivity contribution < 1.29 is 4.92 Å². The molecule has 3 aromatic heterocycles. The molecule has 9 heteroatoms. The second-order valence-electron chi connectivity index (χ2n) is 6.84. The number of hydrogen-bond acceptors (Lipinski definition) is 6. The molecule has 0 amide bonds. The van der Waals surface area contributed by atoms with E-state index >= 15 is 0 Å². The van der Waals surface area contributed by atoms with Crippen molar-refractivity contribution >= 4 is 5.69 Å². The highest BCUT2D eigenvalue weighted by Gasteiger charge is 2.17. The van der Waals surface area contributed by atoms with Crippen molar-refractivity contribution in [3.63, 3.8) is 0 Å². The SMILES string of the molecule is N#Cc1ccc(Cc2cncn2Cc2ccn(-c3ncccc3[N+](=O)[O-])c(=O)c2)cc1. The van der Waals surface area contributed by atoms with Gasteiger partial charge in [0.15, 0.2) is 0 Å². The Labute approximate surface area is 176 Å². The zero-order valence-electron chi connectivity index (χ0n) is 16.3. The number of benzene rings is 1. The molecule has 31 heavy (non-hydrogen) atoms. The van der Waals surface area contributed by atoms with Crippen LogP contribution in [0.15, 0.2) is 78.2 Å². The van der Waals surface area contributed by atoms with Gasteiger partial charge in [-0.05, 0) is 35.4 Å². The monoisotopic (exact) mass is 412 g/mol. The number of imidazole rings is 1. The van der Waals surface area contributed by atoms with E-state index in [1.165, 1.54) is 30.6 Å². The van der Waals surface area contributed by atoms with Crippen LogP contribution in [0.2, 0.25) is 0 Å². The van der Waals surface area contributed by atoms with Gasteiger partial charge in [0.2, 0.25) is 5.82 Å². The molecule has 152 valence electrons. The van der Waals surface area contributed by atoms with Gasteiger partial charge in [0, 0.05) is 49.4 Å². The number of nitrogens with zero attached hydrogens (tertiary/aromatic N) is 6. The van der Waals surface area contributed by atoms with Crippen LogP contribution in [0.25, 0.3) is 5.82 Å². The average molecular weight is 412 g/mol. The van der Waals surface area contributed by atoms with Crippen molar-refractivity contribution in [1.29, 1.82) is 5.26 Å². The largest absolute Gasteiger partial charge is 0.330 e. The van der Waals surface area contributed by atoms with Crippen LogP contribution < -0.4 is 5.56 Å². The molecular formula is C22H16N6O3. The number of nitro groups is 1. The van der Waals surface area contributed by atoms with Gasteiger partial charge in [0.25, 0.3) is 5.56 Å². The molecule has 0 saturated heterocycles. The van der Waals surface area contributed by atoms with Crippen molar-refractivity contribution in [2.24, 2.45) is 0 Å². The third kappa shape index (κ3) is 4.23. The normalized spacial score (nSPS) is 10.5. The van der Waals surface area contributed by atoms with E-state index < -0.39 is 10.5 Å². The van der Waals surface area contributed by atoms with E-state index in [0.29, 0.717) is 18.5 Å². The number of nitriles is 1. The summed E-state index contributed by atoms with van der Waals surface area (Å²) >= 11 is 0. The second kappa shape index (κ2) is 8.42. The minimum Gasteiger partial charge on any atom is -0.330 e. The van der Waals surface area contributed by atoms with E-state index in [1.807, 2.05) is 16.7 Å². The van der Waals surface area contributed by atoms with Crippen LogP contribution in [-0.4, -0.2) is 24.0 Å². The van der Waals surface area contributed by atoms with Gasteiger partial charge in [-0.25, -0.2) is 9.97 Å². The van der Waals surface area contributed by atoms with Crippen LogP contribution in [0.4, 0.5) is 5.69 Å². The number of hydrogen-bond donors (Lipinski definition) is 0. The first-order valence-corrected chi connectivity index (χ1v) is 9.34. The topological polar surface area (TPSA) is 120 Å². The fourth-order valence-corrected chi connectivity index (χ4v) is 3.25. The zero-order valence-corrected chi connectivity index (χ0v) is 16.3. The highest BCUT2D eigenvalue weighted by Crippen LogP contribution is 2.18. The van der Waals surface area contributed by atoms with Gasteiger partial charge in [-0.15, -0.1) is 0 Å². The first-order valence-electron chi connectivity index (χ1n) is 9.34. The van der Waals surface area contributed by atoms with Gasteiger partial charge >= 0.3 is 5.69 Å². The van der Waals surface area contributed by atoms with Gasteiger partial charge in [-0.1, -0.05) is 12.1 Å². The first kappa shape index (κ1) is 19.7. The van der Waals surface area contributed by atoms with Crippen LogP contribution in [0, 0.1) is 21.4 Å². The Bertz CT molecular complexity index is 1350. The van der Waals surface area contributed by atoms with Gasteiger partial charge in [0.05, 0.1) is 22.9 Å². The van der Waals surface area contributed by atoms with Crippen LogP contribution in [0.3, 0.4) is 0 Å². The number of pyridine rings is 2. The maximum Gasteiger partial charge on any atom is 0.312 e. The van der Waals surface area contributed by atoms with E-state index in [-0.39, 0.29) is 11.5 Å². The maximum absolute atomic E-state index is 12.6. The summed E-state index contributed by atoms with van der Waals surface area (Å²) < 4.78 is 3.09. The molecule has 4 aromatic rings. The molecule has 0 aliphatic rings. The summed E-state index contributed by atoms with van der Waals surface area (Å²) in [5.41, 5.74) is 2.68. The van der Waals surface area contributed by atoms with Crippen molar-refractivity contribution in [2.45, 2.75) is 13.0 Å². The third-order valence-corrected chi connectivity index (χ3v) is 4.79. The van der Waals surface area contributed by atoms with Gasteiger partial charge in [-0.2, -0.15) is 5.26 Å². The minimum absolute atomic E-state index is 0.0202. The molecule has 0 atom stereocenters. The summed E-state index contributed by atoms with van der Waals surface area (Å²) in [4.78, 5) is 31.5. The fourth-order valence-electron chi connectivity index (χ4n) is 3.25. The predicted molar refractivity (Wildman–Crippen MR) is 112 cm³/mol. The van der Waals surface area contributed by atoms with Crippen LogP contribution in [0.5, 0.6) is 0 Å². The summed E-state index contributed by atoms with van der Waals surface area (Å²) in [5, 5.41) is 20.2. The Kier molecular flexibility index (Phi) is 5.36. The molecule has 0 N–H and O–H groups in total. The average Bonchev–Trinajstić information content (AvgIpc) is 3.21. The molecule has 0 aliphatic heterocycles. The summed E-state index contributed by atoms with van der Waals surface area (Å²) in [6.07, 6.45) is 6.97. The van der Waals surface area contributed by atoms with Gasteiger partial charge in [-0.3, -0.25) is 19.5 Å². The van der Waals surface area contributed by atoms with Gasteiger partial charge < -0.3 is 4.57 Å². The summed E-state index contributed by atoms with van der Waals surface area (Å²) in [5.74, 6) is -0.0202. The molecule has 3 heterocycles. The molecule has 1 aromatic carbocycles. The fraction of sp³-hybridized carbons (Fsp3) is 0.0909. The van der Waals surface area contributed by atoms with E-state index in [2.05, 4.69) is 16.0 Å². The van der Waals surface area contributed by atoms with Crippen molar-refractivity contribution in [3.05, 3.63) is 116 Å². The number of aromatic nitrogens is 4. The highest BCUT2D eigenvalue weighted by molar-refractivity contribution is 5.46. The highest BCUT2D eigenvalue weighted by atomic mass is 16.6. The van der Waals surface area contributed by atoms with E-state index in [0.717, 1.165) is 21.4 Å². The van der Waals surface area contributed by atoms with Gasteiger partial charge in [0.1, 0.15) is 0 Å². The van der Waals surface area contributed by atoms with Crippen molar-refractivity contribution in [3.8, 4) is 11.9 Å². The Hall–Kier alpha value is -4.58. The molecule has 4 rings (SSSR count). The van der Waals surface area contributed by atoms with Crippen molar-refractivity contribution in [1.82, 2.24) is 19.1 Å². The lowest BCUT2D eigenvalue weighted by atomic mass is 10.1. The van der Waals surface area contributed by atoms with E-state index in [1.54, 1.807) is 30.7 Å². The molecule has 0 saturated carbocycles. The molecule has 0 spiro atoms. The van der Waals surface area contributed by atoms with Crippen molar-refractivity contribution in [2.75, 3.05) is 0 Å². The smallest absolute Gasteiger partial charge is 0.312 e. The third-order valence-electron chi connectivity index (χ3n) is 4.79. The molecule has 0 aliphatic carbocycles. The quantitative estimate of drug-likeness (QED) is 0.355. The van der Waals surface area contributed by atoms with E-state index in [4.69, 9.17) is 5.26 Å². The van der Waals surface area contributed by atoms with Crippen LogP contribution in [-0.2, 0) is 13.0 Å². The molecule has 0 fully saturated rings. The van der Waals surface area contributed by atoms with Crippen LogP contribution in [0.1, 0.15) is 22.4 Å². The first-order chi connectivity index (χ1) is 15.0. The lowest BCUT2D eigenvalue weighted by molar-refractivity contribution is -0.384.